The van der Waals surface area contributed by atoms with Crippen LogP contribution in [0.1, 0.15) is 113 Å². The Hall–Kier alpha value is -4.33. The van der Waals surface area contributed by atoms with Crippen molar-refractivity contribution in [3.05, 3.63) is 89.3 Å². The summed E-state index contributed by atoms with van der Waals surface area (Å²) < 4.78 is 0. The molecule has 2 aromatic carbocycles. The van der Waals surface area contributed by atoms with Gasteiger partial charge in [-0.3, -0.25) is 14.4 Å². The summed E-state index contributed by atoms with van der Waals surface area (Å²) in [6.45, 7) is 8.94. The number of hydrogen-bond donors (Lipinski definition) is 2. The molecule has 2 N–H and O–H groups in total. The fourth-order valence-electron chi connectivity index (χ4n) is 8.17. The SMILES string of the molecule is CCC[C@H]1CC[C@H]([C@H]2CC=C(c3cnc(-c4ccc(C[C@H](NC(=O)c5ccc(C(C)(C)C)cc5)C(=O)N5CC(C(=O)O)C5)cc4)nc3)CC2)CC1. The molecule has 1 aliphatic heterocycles. The molecular weight excluding hydrogens is 636 g/mol. The van der Waals surface area contributed by atoms with Crippen LogP contribution in [0.5, 0.6) is 0 Å². The third-order valence-corrected chi connectivity index (χ3v) is 11.5. The molecule has 0 unspecified atom stereocenters. The molecule has 8 heteroatoms. The van der Waals surface area contributed by atoms with E-state index in [0.29, 0.717) is 11.4 Å². The van der Waals surface area contributed by atoms with Gasteiger partial charge in [-0.05, 0) is 84.1 Å². The molecule has 51 heavy (non-hydrogen) atoms. The maximum atomic E-state index is 13.5. The summed E-state index contributed by atoms with van der Waals surface area (Å²) in [4.78, 5) is 49.2. The highest BCUT2D eigenvalue weighted by atomic mass is 16.4. The van der Waals surface area contributed by atoms with Crippen LogP contribution in [0.25, 0.3) is 17.0 Å². The number of carbonyl (C=O) groups is 3. The fourth-order valence-corrected chi connectivity index (χ4v) is 8.17. The van der Waals surface area contributed by atoms with E-state index in [1.807, 2.05) is 48.8 Å². The van der Waals surface area contributed by atoms with Crippen LogP contribution in [0, 0.1) is 23.7 Å². The van der Waals surface area contributed by atoms with Gasteiger partial charge in [0.25, 0.3) is 5.91 Å². The molecule has 1 aromatic heterocycles. The largest absolute Gasteiger partial charge is 0.481 e. The van der Waals surface area contributed by atoms with E-state index in [-0.39, 0.29) is 36.7 Å². The van der Waals surface area contributed by atoms with Crippen LogP contribution in [0.3, 0.4) is 0 Å². The highest BCUT2D eigenvalue weighted by Crippen LogP contribution is 2.42. The van der Waals surface area contributed by atoms with Gasteiger partial charge in [-0.25, -0.2) is 9.97 Å². The number of carboxylic acids is 1. The number of aromatic nitrogens is 2. The minimum Gasteiger partial charge on any atom is -0.481 e. The van der Waals surface area contributed by atoms with E-state index >= 15 is 0 Å². The van der Waals surface area contributed by atoms with Crippen LogP contribution >= 0.6 is 0 Å². The van der Waals surface area contributed by atoms with E-state index in [1.54, 1.807) is 12.1 Å². The summed E-state index contributed by atoms with van der Waals surface area (Å²) in [5, 5.41) is 12.3. The van der Waals surface area contributed by atoms with Gasteiger partial charge in [0.1, 0.15) is 6.04 Å². The number of aliphatic carboxylic acids is 1. The molecule has 3 aliphatic rings. The van der Waals surface area contributed by atoms with E-state index in [4.69, 9.17) is 9.97 Å². The molecule has 1 saturated heterocycles. The molecule has 270 valence electrons. The molecule has 0 spiro atoms. The van der Waals surface area contributed by atoms with Gasteiger partial charge in [0.2, 0.25) is 5.91 Å². The lowest BCUT2D eigenvalue weighted by Gasteiger charge is -2.39. The van der Waals surface area contributed by atoms with Gasteiger partial charge in [-0.15, -0.1) is 0 Å². The smallest absolute Gasteiger partial charge is 0.310 e. The van der Waals surface area contributed by atoms with Gasteiger partial charge in [-0.2, -0.15) is 0 Å². The number of hydrogen-bond acceptors (Lipinski definition) is 5. The van der Waals surface area contributed by atoms with Gasteiger partial charge >= 0.3 is 5.97 Å². The third kappa shape index (κ3) is 8.95. The van der Waals surface area contributed by atoms with Crippen molar-refractivity contribution in [1.82, 2.24) is 20.2 Å². The maximum absolute atomic E-state index is 13.5. The second kappa shape index (κ2) is 15.9. The Morgan fingerprint density at radius 1 is 0.882 bits per heavy atom. The Morgan fingerprint density at radius 3 is 2.12 bits per heavy atom. The predicted molar refractivity (Wildman–Crippen MR) is 201 cm³/mol. The van der Waals surface area contributed by atoms with Gasteiger partial charge in [0.05, 0.1) is 5.92 Å². The zero-order chi connectivity index (χ0) is 36.1. The molecule has 2 amide bonds. The lowest BCUT2D eigenvalue weighted by atomic mass is 9.70. The standard InChI is InChI=1S/C43H54N4O4/c1-5-6-28-7-11-30(12-8-28)31-15-17-32(18-16-31)35-24-44-39(45-25-35)33-13-9-29(10-14-33)23-38(41(49)47-26-36(27-47)42(50)51)46-40(48)34-19-21-37(22-20-34)43(2,3)4/h9-10,13-14,17,19-22,24-25,28,30-31,36,38H,5-8,11-12,15-16,18,23,26-27H2,1-4H3,(H,46,48)(H,50,51)/t28-,30-,31-,38-/m0/s1. The Kier molecular flexibility index (Phi) is 11.4. The quantitative estimate of drug-likeness (QED) is 0.210. The first kappa shape index (κ1) is 36.5. The van der Waals surface area contributed by atoms with Crippen molar-refractivity contribution in [2.24, 2.45) is 23.7 Å². The Labute approximate surface area is 303 Å². The van der Waals surface area contributed by atoms with Crippen LogP contribution in [0.2, 0.25) is 0 Å². The lowest BCUT2D eigenvalue weighted by molar-refractivity contribution is -0.153. The molecule has 0 bridgehead atoms. The van der Waals surface area contributed by atoms with Crippen molar-refractivity contribution >= 4 is 23.4 Å². The number of carbonyl (C=O) groups excluding carboxylic acids is 2. The molecule has 3 aromatic rings. The summed E-state index contributed by atoms with van der Waals surface area (Å²) in [6, 6.07) is 14.4. The van der Waals surface area contributed by atoms with Gasteiger partial charge in [-0.1, -0.05) is 95.9 Å². The van der Waals surface area contributed by atoms with E-state index in [1.165, 1.54) is 55.4 Å². The highest BCUT2D eigenvalue weighted by molar-refractivity contribution is 5.98. The summed E-state index contributed by atoms with van der Waals surface area (Å²) in [7, 11) is 0. The number of benzene rings is 2. The number of allylic oxidation sites excluding steroid dienone is 2. The van der Waals surface area contributed by atoms with Crippen LogP contribution in [-0.2, 0) is 21.4 Å². The summed E-state index contributed by atoms with van der Waals surface area (Å²) in [5.41, 5.74) is 5.73. The van der Waals surface area contributed by atoms with E-state index < -0.39 is 17.9 Å². The summed E-state index contributed by atoms with van der Waals surface area (Å²) >= 11 is 0. The Morgan fingerprint density at radius 2 is 1.55 bits per heavy atom. The van der Waals surface area contributed by atoms with E-state index in [0.717, 1.165) is 52.8 Å². The molecule has 2 atom stereocenters. The van der Waals surface area contributed by atoms with Crippen molar-refractivity contribution < 1.29 is 19.5 Å². The normalized spacial score (nSPS) is 21.7. The molecule has 2 aliphatic carbocycles. The van der Waals surface area contributed by atoms with Gasteiger partial charge < -0.3 is 15.3 Å². The molecular formula is C43H54N4O4. The van der Waals surface area contributed by atoms with Crippen molar-refractivity contribution in [3.63, 3.8) is 0 Å². The average Bonchev–Trinajstić information content (AvgIpc) is 3.11. The van der Waals surface area contributed by atoms with Crippen LogP contribution in [0.4, 0.5) is 0 Å². The van der Waals surface area contributed by atoms with Crippen LogP contribution < -0.4 is 5.32 Å². The molecule has 6 rings (SSSR count). The van der Waals surface area contributed by atoms with Crippen molar-refractivity contribution in [2.75, 3.05) is 13.1 Å². The number of nitrogens with one attached hydrogen (secondary N) is 1. The number of carboxylic acid groups (broad SMARTS) is 1. The van der Waals surface area contributed by atoms with Crippen molar-refractivity contribution in [1.29, 1.82) is 0 Å². The number of likely N-dealkylation sites (tertiary alicyclic amines) is 1. The predicted octanol–water partition coefficient (Wildman–Crippen LogP) is 8.12. The molecule has 1 saturated carbocycles. The molecule has 2 fully saturated rings. The zero-order valence-corrected chi connectivity index (χ0v) is 30.7. The minimum atomic E-state index is -0.913. The second-order valence-corrected chi connectivity index (χ2v) is 16.2. The first-order valence-corrected chi connectivity index (χ1v) is 19.0. The number of amides is 2. The molecule has 2 heterocycles. The minimum absolute atomic E-state index is 0.0472. The van der Waals surface area contributed by atoms with Crippen LogP contribution in [-0.4, -0.2) is 56.9 Å². The zero-order valence-electron chi connectivity index (χ0n) is 30.7. The van der Waals surface area contributed by atoms with Crippen LogP contribution in [0.15, 0.2) is 67.0 Å². The second-order valence-electron chi connectivity index (χ2n) is 16.2. The summed E-state index contributed by atoms with van der Waals surface area (Å²) in [5.74, 6) is 1.18. The topological polar surface area (TPSA) is 112 Å². The van der Waals surface area contributed by atoms with Gasteiger partial charge in [0.15, 0.2) is 5.82 Å². The fraction of sp³-hybridized carbons (Fsp3) is 0.512. The Balaban J connectivity index is 1.08. The number of rotatable bonds is 11. The highest BCUT2D eigenvalue weighted by Gasteiger charge is 2.39. The maximum Gasteiger partial charge on any atom is 0.310 e. The lowest BCUT2D eigenvalue weighted by Crippen LogP contribution is -2.59. The first-order chi connectivity index (χ1) is 24.5. The van der Waals surface area contributed by atoms with E-state index in [9.17, 15) is 19.5 Å². The monoisotopic (exact) mass is 690 g/mol. The van der Waals surface area contributed by atoms with E-state index in [2.05, 4.69) is 39.1 Å². The van der Waals surface area contributed by atoms with Crippen molar-refractivity contribution in [2.45, 2.75) is 103 Å². The van der Waals surface area contributed by atoms with Gasteiger partial charge in [0, 0.05) is 48.6 Å². The van der Waals surface area contributed by atoms with Crippen molar-refractivity contribution in [3.8, 4) is 11.4 Å². The Bertz CT molecular complexity index is 1690. The summed E-state index contributed by atoms with van der Waals surface area (Å²) in [6.07, 6.45) is 18.4. The number of nitrogens with zero attached hydrogens (tertiary/aromatic N) is 3. The third-order valence-electron chi connectivity index (χ3n) is 11.5. The average molecular weight is 691 g/mol. The molecule has 8 nitrogen and oxygen atoms in total. The first-order valence-electron chi connectivity index (χ1n) is 19.0. The molecule has 0 radical (unpaired) electrons.